The minimum absolute atomic E-state index is 0.680. The highest BCUT2D eigenvalue weighted by Crippen LogP contribution is 2.31. The van der Waals surface area contributed by atoms with E-state index in [0.29, 0.717) is 6.61 Å². The summed E-state index contributed by atoms with van der Waals surface area (Å²) < 4.78 is 5.59. The first kappa shape index (κ1) is 11.5. The van der Waals surface area contributed by atoms with E-state index in [0.717, 1.165) is 31.5 Å². The van der Waals surface area contributed by atoms with Crippen molar-refractivity contribution >= 4 is 16.6 Å². The van der Waals surface area contributed by atoms with Crippen LogP contribution in [0.5, 0.6) is 0 Å². The van der Waals surface area contributed by atoms with Crippen LogP contribution < -0.4 is 5.32 Å². The van der Waals surface area contributed by atoms with Gasteiger partial charge in [-0.1, -0.05) is 25.1 Å². The van der Waals surface area contributed by atoms with Gasteiger partial charge in [-0.25, -0.2) is 0 Å². The number of fused-ring (bicyclic) bond motifs is 2. The molecule has 1 aromatic carbocycles. The van der Waals surface area contributed by atoms with Gasteiger partial charge in [-0.2, -0.15) is 0 Å². The van der Waals surface area contributed by atoms with Crippen LogP contribution in [-0.2, 0) is 17.8 Å². The van der Waals surface area contributed by atoms with Gasteiger partial charge in [-0.15, -0.1) is 0 Å². The van der Waals surface area contributed by atoms with Crippen LogP contribution in [0.1, 0.15) is 24.6 Å². The maximum Gasteiger partial charge on any atom is 0.0755 e. The molecule has 1 aliphatic rings. The van der Waals surface area contributed by atoms with Crippen molar-refractivity contribution in [3.63, 3.8) is 0 Å². The van der Waals surface area contributed by atoms with Gasteiger partial charge in [0, 0.05) is 23.9 Å². The molecule has 3 rings (SSSR count). The number of aromatic nitrogens is 1. The normalized spacial score (nSPS) is 14.5. The van der Waals surface area contributed by atoms with Crippen LogP contribution in [0.2, 0.25) is 0 Å². The number of hydrogen-bond acceptors (Lipinski definition) is 3. The summed E-state index contributed by atoms with van der Waals surface area (Å²) in [4.78, 5) is 4.76. The number of nitrogens with zero attached hydrogens (tertiary/aromatic N) is 1. The van der Waals surface area contributed by atoms with Crippen LogP contribution in [0.15, 0.2) is 24.3 Å². The van der Waals surface area contributed by atoms with Crippen molar-refractivity contribution in [1.29, 1.82) is 0 Å². The smallest absolute Gasteiger partial charge is 0.0755 e. The SMILES string of the molecule is CCCNc1c2c(nc3ccccc13)CCOC2. The Morgan fingerprint density at radius 3 is 3.11 bits per heavy atom. The third-order valence-corrected chi connectivity index (χ3v) is 3.36. The Hall–Kier alpha value is -1.61. The average Bonchev–Trinajstić information content (AvgIpc) is 2.43. The number of nitrogens with one attached hydrogen (secondary N) is 1. The van der Waals surface area contributed by atoms with Crippen molar-refractivity contribution < 1.29 is 4.74 Å². The first-order valence-corrected chi connectivity index (χ1v) is 6.62. The molecule has 3 heteroatoms. The molecule has 1 aromatic heterocycles. The molecule has 1 aliphatic heterocycles. The van der Waals surface area contributed by atoms with E-state index in [2.05, 4.69) is 30.4 Å². The molecule has 0 spiro atoms. The average molecular weight is 242 g/mol. The standard InChI is InChI=1S/C15H18N2O/c1-2-8-16-15-11-5-3-4-6-13(11)17-14-7-9-18-10-12(14)15/h3-6H,2,7-10H2,1H3,(H,16,17). The zero-order valence-electron chi connectivity index (χ0n) is 10.7. The van der Waals surface area contributed by atoms with Gasteiger partial charge in [0.15, 0.2) is 0 Å². The fourth-order valence-electron chi connectivity index (χ4n) is 2.46. The van der Waals surface area contributed by atoms with Gasteiger partial charge in [0.05, 0.1) is 30.1 Å². The van der Waals surface area contributed by atoms with E-state index in [1.807, 2.05) is 6.07 Å². The summed E-state index contributed by atoms with van der Waals surface area (Å²) in [5.41, 5.74) is 4.74. The van der Waals surface area contributed by atoms with E-state index in [4.69, 9.17) is 9.72 Å². The van der Waals surface area contributed by atoms with Crippen LogP contribution in [-0.4, -0.2) is 18.1 Å². The number of pyridine rings is 1. The molecular formula is C15H18N2O. The second kappa shape index (κ2) is 4.94. The topological polar surface area (TPSA) is 34.2 Å². The van der Waals surface area contributed by atoms with E-state index < -0.39 is 0 Å². The summed E-state index contributed by atoms with van der Waals surface area (Å²) in [7, 11) is 0. The minimum atomic E-state index is 0.680. The lowest BCUT2D eigenvalue weighted by atomic mass is 10.0. The summed E-state index contributed by atoms with van der Waals surface area (Å²) in [6.07, 6.45) is 2.03. The molecule has 0 saturated heterocycles. The zero-order valence-corrected chi connectivity index (χ0v) is 10.7. The molecule has 0 fully saturated rings. The third kappa shape index (κ3) is 1.95. The maximum atomic E-state index is 5.59. The fraction of sp³-hybridized carbons (Fsp3) is 0.400. The summed E-state index contributed by atoms with van der Waals surface area (Å²) in [5.74, 6) is 0. The van der Waals surface area contributed by atoms with Gasteiger partial charge < -0.3 is 10.1 Å². The Balaban J connectivity index is 2.19. The molecule has 0 atom stereocenters. The highest BCUT2D eigenvalue weighted by molar-refractivity contribution is 5.93. The lowest BCUT2D eigenvalue weighted by molar-refractivity contribution is 0.110. The van der Waals surface area contributed by atoms with Gasteiger partial charge in [0.25, 0.3) is 0 Å². The second-order valence-electron chi connectivity index (χ2n) is 4.66. The lowest BCUT2D eigenvalue weighted by Gasteiger charge is -2.21. The fourth-order valence-corrected chi connectivity index (χ4v) is 2.46. The molecule has 2 heterocycles. The summed E-state index contributed by atoms with van der Waals surface area (Å²) >= 11 is 0. The summed E-state index contributed by atoms with van der Waals surface area (Å²) in [6.45, 7) is 4.63. The molecule has 0 aliphatic carbocycles. The predicted molar refractivity (Wildman–Crippen MR) is 73.9 cm³/mol. The van der Waals surface area contributed by atoms with Crippen molar-refractivity contribution in [2.75, 3.05) is 18.5 Å². The molecule has 0 saturated carbocycles. The molecule has 2 aromatic rings. The number of anilines is 1. The summed E-state index contributed by atoms with van der Waals surface area (Å²) in [5, 5.41) is 4.75. The Morgan fingerprint density at radius 2 is 2.22 bits per heavy atom. The third-order valence-electron chi connectivity index (χ3n) is 3.36. The molecule has 3 nitrogen and oxygen atoms in total. The molecule has 18 heavy (non-hydrogen) atoms. The second-order valence-corrected chi connectivity index (χ2v) is 4.66. The van der Waals surface area contributed by atoms with Crippen molar-refractivity contribution in [3.8, 4) is 0 Å². The first-order chi connectivity index (χ1) is 8.90. The van der Waals surface area contributed by atoms with Gasteiger partial charge >= 0.3 is 0 Å². The monoisotopic (exact) mass is 242 g/mol. The Morgan fingerprint density at radius 1 is 1.33 bits per heavy atom. The first-order valence-electron chi connectivity index (χ1n) is 6.62. The Bertz CT molecular complexity index is 566. The Kier molecular flexibility index (Phi) is 3.15. The predicted octanol–water partition coefficient (Wildman–Crippen LogP) is 3.13. The van der Waals surface area contributed by atoms with Gasteiger partial charge in [-0.05, 0) is 12.5 Å². The molecular weight excluding hydrogens is 224 g/mol. The van der Waals surface area contributed by atoms with E-state index in [9.17, 15) is 0 Å². The molecule has 94 valence electrons. The summed E-state index contributed by atoms with van der Waals surface area (Å²) in [6, 6.07) is 8.33. The molecule has 0 radical (unpaired) electrons. The van der Waals surface area contributed by atoms with E-state index in [-0.39, 0.29) is 0 Å². The minimum Gasteiger partial charge on any atom is -0.384 e. The number of rotatable bonds is 3. The van der Waals surface area contributed by atoms with Gasteiger partial charge in [0.2, 0.25) is 0 Å². The number of para-hydroxylation sites is 1. The van der Waals surface area contributed by atoms with E-state index >= 15 is 0 Å². The Labute approximate surface area is 107 Å². The number of ether oxygens (including phenoxy) is 1. The lowest BCUT2D eigenvalue weighted by Crippen LogP contribution is -2.15. The number of benzene rings is 1. The van der Waals surface area contributed by atoms with Crippen molar-refractivity contribution in [2.45, 2.75) is 26.4 Å². The van der Waals surface area contributed by atoms with Crippen molar-refractivity contribution in [3.05, 3.63) is 35.5 Å². The molecule has 0 unspecified atom stereocenters. The van der Waals surface area contributed by atoms with Crippen molar-refractivity contribution in [2.24, 2.45) is 0 Å². The highest BCUT2D eigenvalue weighted by atomic mass is 16.5. The zero-order chi connectivity index (χ0) is 12.4. The van der Waals surface area contributed by atoms with Crippen LogP contribution in [0.4, 0.5) is 5.69 Å². The van der Waals surface area contributed by atoms with Crippen LogP contribution in [0.25, 0.3) is 10.9 Å². The quantitative estimate of drug-likeness (QED) is 0.898. The maximum absolute atomic E-state index is 5.59. The molecule has 0 amide bonds. The number of hydrogen-bond donors (Lipinski definition) is 1. The van der Waals surface area contributed by atoms with Crippen LogP contribution in [0.3, 0.4) is 0 Å². The van der Waals surface area contributed by atoms with E-state index in [1.54, 1.807) is 0 Å². The van der Waals surface area contributed by atoms with Crippen molar-refractivity contribution in [1.82, 2.24) is 4.98 Å². The largest absolute Gasteiger partial charge is 0.384 e. The molecule has 1 N–H and O–H groups in total. The van der Waals surface area contributed by atoms with Gasteiger partial charge in [-0.3, -0.25) is 4.98 Å². The van der Waals surface area contributed by atoms with Crippen LogP contribution >= 0.6 is 0 Å². The van der Waals surface area contributed by atoms with E-state index in [1.165, 1.54) is 22.3 Å². The van der Waals surface area contributed by atoms with Crippen LogP contribution in [0, 0.1) is 0 Å². The highest BCUT2D eigenvalue weighted by Gasteiger charge is 2.17. The van der Waals surface area contributed by atoms with Gasteiger partial charge in [0.1, 0.15) is 0 Å². The molecule has 0 bridgehead atoms.